The minimum atomic E-state index is -0.134. The fraction of sp³-hybridized carbons (Fsp3) is 0.130. The summed E-state index contributed by atoms with van der Waals surface area (Å²) < 4.78 is 17.2. The van der Waals surface area contributed by atoms with E-state index in [1.54, 1.807) is 24.3 Å². The fourth-order valence-electron chi connectivity index (χ4n) is 2.97. The molecule has 1 saturated heterocycles. The number of hydrogen-bond donors (Lipinski definition) is 0. The van der Waals surface area contributed by atoms with Crippen LogP contribution in [0.25, 0.3) is 6.08 Å². The van der Waals surface area contributed by atoms with Gasteiger partial charge in [0.25, 0.3) is 5.91 Å². The smallest absolute Gasteiger partial charge is 0.266 e. The predicted octanol–water partition coefficient (Wildman–Crippen LogP) is 5.27. The van der Waals surface area contributed by atoms with Crippen LogP contribution in [0.1, 0.15) is 16.9 Å². The molecule has 0 aliphatic carbocycles. The second-order valence-electron chi connectivity index (χ2n) is 6.53. The van der Waals surface area contributed by atoms with Gasteiger partial charge in [-0.2, -0.15) is 0 Å². The molecule has 0 N–H and O–H groups in total. The summed E-state index contributed by atoms with van der Waals surface area (Å²) >= 11 is 6.65. The average molecular weight is 438 g/mol. The van der Waals surface area contributed by atoms with Gasteiger partial charge in [0.15, 0.2) is 11.5 Å². The SMILES string of the molecule is COc1cc(C=C2SC(=S)N(Cc3ccco3)C2=O)ccc1OCc1ccccc1. The molecule has 4 rings (SSSR count). The normalized spacial score (nSPS) is 15.1. The Morgan fingerprint density at radius 1 is 1.10 bits per heavy atom. The maximum Gasteiger partial charge on any atom is 0.266 e. The first-order valence-electron chi connectivity index (χ1n) is 9.26. The standard InChI is InChI=1S/C23H19NO4S2/c1-26-20-12-17(9-10-19(20)28-15-16-6-3-2-4-7-16)13-21-22(25)24(23(29)30-21)14-18-8-5-11-27-18/h2-13H,14-15H2,1H3. The molecule has 0 spiro atoms. The summed E-state index contributed by atoms with van der Waals surface area (Å²) in [7, 11) is 1.59. The minimum Gasteiger partial charge on any atom is -0.493 e. The molecule has 3 aromatic rings. The van der Waals surface area contributed by atoms with E-state index in [0.717, 1.165) is 11.1 Å². The van der Waals surface area contributed by atoms with E-state index in [2.05, 4.69) is 0 Å². The van der Waals surface area contributed by atoms with Gasteiger partial charge in [-0.05, 0) is 41.5 Å². The second-order valence-corrected chi connectivity index (χ2v) is 8.21. The zero-order chi connectivity index (χ0) is 20.9. The largest absolute Gasteiger partial charge is 0.493 e. The highest BCUT2D eigenvalue weighted by Gasteiger charge is 2.32. The van der Waals surface area contributed by atoms with Crippen molar-refractivity contribution in [2.45, 2.75) is 13.2 Å². The van der Waals surface area contributed by atoms with Gasteiger partial charge in [0.2, 0.25) is 0 Å². The van der Waals surface area contributed by atoms with Gasteiger partial charge < -0.3 is 13.9 Å². The number of benzene rings is 2. The van der Waals surface area contributed by atoms with Gasteiger partial charge >= 0.3 is 0 Å². The van der Waals surface area contributed by atoms with Gasteiger partial charge in [-0.25, -0.2) is 0 Å². The Kier molecular flexibility index (Phi) is 6.21. The number of carbonyl (C=O) groups is 1. The van der Waals surface area contributed by atoms with Crippen LogP contribution in [0.15, 0.2) is 76.2 Å². The third-order valence-electron chi connectivity index (χ3n) is 4.49. The van der Waals surface area contributed by atoms with E-state index in [-0.39, 0.29) is 5.91 Å². The number of nitrogens with zero attached hydrogens (tertiary/aromatic N) is 1. The molecule has 2 aromatic carbocycles. The molecule has 1 fully saturated rings. The van der Waals surface area contributed by atoms with Crippen LogP contribution < -0.4 is 9.47 Å². The lowest BCUT2D eigenvalue weighted by Gasteiger charge is -2.12. The highest BCUT2D eigenvalue weighted by atomic mass is 32.2. The molecule has 1 aliphatic rings. The summed E-state index contributed by atoms with van der Waals surface area (Å²) in [5.74, 6) is 1.80. The highest BCUT2D eigenvalue weighted by molar-refractivity contribution is 8.26. The van der Waals surface area contributed by atoms with Crippen LogP contribution in [0.5, 0.6) is 11.5 Å². The van der Waals surface area contributed by atoms with Gasteiger partial charge in [0.05, 0.1) is 24.8 Å². The molecule has 7 heteroatoms. The summed E-state index contributed by atoms with van der Waals surface area (Å²) in [6.45, 7) is 0.770. The summed E-state index contributed by atoms with van der Waals surface area (Å²) in [5, 5.41) is 0. The molecule has 0 bridgehead atoms. The molecule has 2 heterocycles. The van der Waals surface area contributed by atoms with Crippen LogP contribution in [-0.2, 0) is 17.9 Å². The molecule has 5 nitrogen and oxygen atoms in total. The minimum absolute atomic E-state index is 0.134. The van der Waals surface area contributed by atoms with Crippen molar-refractivity contribution in [2.24, 2.45) is 0 Å². The number of furan rings is 1. The van der Waals surface area contributed by atoms with Crippen molar-refractivity contribution in [2.75, 3.05) is 7.11 Å². The Bertz CT molecular complexity index is 1080. The molecule has 1 aromatic heterocycles. The van der Waals surface area contributed by atoms with Crippen molar-refractivity contribution < 1.29 is 18.7 Å². The van der Waals surface area contributed by atoms with Crippen molar-refractivity contribution >= 4 is 40.3 Å². The molecule has 0 saturated carbocycles. The van der Waals surface area contributed by atoms with Crippen molar-refractivity contribution in [1.82, 2.24) is 4.90 Å². The first-order chi connectivity index (χ1) is 14.6. The van der Waals surface area contributed by atoms with Crippen LogP contribution in [0.4, 0.5) is 0 Å². The molecule has 0 unspecified atom stereocenters. The number of methoxy groups -OCH3 is 1. The van der Waals surface area contributed by atoms with E-state index in [1.165, 1.54) is 11.8 Å². The Balaban J connectivity index is 1.49. The van der Waals surface area contributed by atoms with Crippen molar-refractivity contribution in [3.8, 4) is 11.5 Å². The Morgan fingerprint density at radius 3 is 2.67 bits per heavy atom. The van der Waals surface area contributed by atoms with Gasteiger partial charge in [-0.1, -0.05) is 60.4 Å². The summed E-state index contributed by atoms with van der Waals surface area (Å²) in [4.78, 5) is 14.9. The highest BCUT2D eigenvalue weighted by Crippen LogP contribution is 2.35. The van der Waals surface area contributed by atoms with E-state index in [1.807, 2.05) is 60.7 Å². The number of amides is 1. The number of thioether (sulfide) groups is 1. The van der Waals surface area contributed by atoms with E-state index < -0.39 is 0 Å². The van der Waals surface area contributed by atoms with E-state index in [4.69, 9.17) is 26.1 Å². The van der Waals surface area contributed by atoms with E-state index >= 15 is 0 Å². The summed E-state index contributed by atoms with van der Waals surface area (Å²) in [6, 6.07) is 19.1. The van der Waals surface area contributed by atoms with Gasteiger partial charge in [0, 0.05) is 0 Å². The number of carbonyl (C=O) groups excluding carboxylic acids is 1. The Labute approximate surface area is 184 Å². The first-order valence-corrected chi connectivity index (χ1v) is 10.5. The van der Waals surface area contributed by atoms with Gasteiger partial charge in [-0.15, -0.1) is 0 Å². The Morgan fingerprint density at radius 2 is 1.93 bits per heavy atom. The fourth-order valence-corrected chi connectivity index (χ4v) is 4.23. The maximum absolute atomic E-state index is 12.8. The van der Waals surface area contributed by atoms with E-state index in [0.29, 0.717) is 39.6 Å². The molecule has 152 valence electrons. The van der Waals surface area contributed by atoms with Crippen LogP contribution in [0.2, 0.25) is 0 Å². The number of rotatable bonds is 7. The first kappa shape index (κ1) is 20.3. The maximum atomic E-state index is 12.8. The lowest BCUT2D eigenvalue weighted by atomic mass is 10.1. The molecule has 1 aliphatic heterocycles. The molecule has 0 radical (unpaired) electrons. The van der Waals surface area contributed by atoms with Crippen LogP contribution in [0.3, 0.4) is 0 Å². The van der Waals surface area contributed by atoms with Crippen molar-refractivity contribution in [3.05, 3.63) is 88.7 Å². The number of ether oxygens (including phenoxy) is 2. The second kappa shape index (κ2) is 9.19. The van der Waals surface area contributed by atoms with Crippen LogP contribution >= 0.6 is 24.0 Å². The van der Waals surface area contributed by atoms with Crippen LogP contribution in [0, 0.1) is 0 Å². The summed E-state index contributed by atoms with van der Waals surface area (Å²) in [6.07, 6.45) is 3.39. The average Bonchev–Trinajstić information content (AvgIpc) is 3.37. The lowest BCUT2D eigenvalue weighted by molar-refractivity contribution is -0.122. The third kappa shape index (κ3) is 4.58. The number of hydrogen-bond acceptors (Lipinski definition) is 6. The van der Waals surface area contributed by atoms with Crippen molar-refractivity contribution in [1.29, 1.82) is 0 Å². The number of thiocarbonyl (C=S) groups is 1. The molecule has 1 amide bonds. The van der Waals surface area contributed by atoms with E-state index in [9.17, 15) is 4.79 Å². The predicted molar refractivity (Wildman–Crippen MR) is 121 cm³/mol. The lowest BCUT2D eigenvalue weighted by Crippen LogP contribution is -2.27. The molecular weight excluding hydrogens is 418 g/mol. The molecule has 0 atom stereocenters. The zero-order valence-corrected chi connectivity index (χ0v) is 17.9. The summed E-state index contributed by atoms with van der Waals surface area (Å²) in [5.41, 5.74) is 1.90. The molecule has 30 heavy (non-hydrogen) atoms. The third-order valence-corrected chi connectivity index (χ3v) is 5.87. The quantitative estimate of drug-likeness (QED) is 0.371. The van der Waals surface area contributed by atoms with Crippen molar-refractivity contribution in [3.63, 3.8) is 0 Å². The zero-order valence-electron chi connectivity index (χ0n) is 16.2. The topological polar surface area (TPSA) is 51.9 Å². The molecular formula is C23H19NO4S2. The Hall–Kier alpha value is -3.03. The van der Waals surface area contributed by atoms with Gasteiger partial charge in [0.1, 0.15) is 16.7 Å². The monoisotopic (exact) mass is 437 g/mol. The van der Waals surface area contributed by atoms with Crippen LogP contribution in [-0.4, -0.2) is 22.2 Å². The van der Waals surface area contributed by atoms with Gasteiger partial charge in [-0.3, -0.25) is 9.69 Å².